The smallest absolute Gasteiger partial charge is 0.315 e. The maximum absolute atomic E-state index is 13.0. The molecule has 0 fully saturated rings. The third kappa shape index (κ3) is 3.29. The Morgan fingerprint density at radius 1 is 1.07 bits per heavy atom. The summed E-state index contributed by atoms with van der Waals surface area (Å²) in [5, 5.41) is 5.05. The number of amides is 1. The van der Waals surface area contributed by atoms with Gasteiger partial charge >= 0.3 is 6.18 Å². The monoisotopic (exact) mass is 419 g/mol. The molecule has 0 saturated carbocycles. The quantitative estimate of drug-likeness (QED) is 0.545. The van der Waals surface area contributed by atoms with Crippen molar-refractivity contribution in [3.8, 4) is 22.4 Å². The van der Waals surface area contributed by atoms with Gasteiger partial charge in [0.15, 0.2) is 0 Å². The van der Waals surface area contributed by atoms with Crippen LogP contribution in [0.5, 0.6) is 0 Å². The predicted molar refractivity (Wildman–Crippen MR) is 104 cm³/mol. The summed E-state index contributed by atoms with van der Waals surface area (Å²) in [6.07, 6.45) is -4.44. The van der Waals surface area contributed by atoms with Gasteiger partial charge in [0.1, 0.15) is 18.1 Å². The Morgan fingerprint density at radius 2 is 1.72 bits per heavy atom. The largest absolute Gasteiger partial charge is 0.416 e. The highest BCUT2D eigenvalue weighted by Gasteiger charge is 2.37. The van der Waals surface area contributed by atoms with Crippen LogP contribution in [0.25, 0.3) is 22.4 Å². The first-order valence-corrected chi connectivity index (χ1v) is 9.40. The predicted octanol–water partition coefficient (Wildman–Crippen LogP) is 5.71. The number of halogens is 4. The molecular formula is C21H17ClF3N3O. The first-order chi connectivity index (χ1) is 13.7. The van der Waals surface area contributed by atoms with Crippen molar-refractivity contribution in [1.29, 1.82) is 0 Å². The number of hydrogen-bond acceptors (Lipinski definition) is 2. The third-order valence-corrected chi connectivity index (χ3v) is 5.29. The van der Waals surface area contributed by atoms with Crippen LogP contribution in [-0.4, -0.2) is 26.6 Å². The fourth-order valence-corrected chi connectivity index (χ4v) is 3.69. The Hall–Kier alpha value is -2.80. The highest BCUT2D eigenvalue weighted by Crippen LogP contribution is 2.41. The molecule has 2 aromatic carbocycles. The summed E-state index contributed by atoms with van der Waals surface area (Å²) in [5.74, 6) is -0.208. The van der Waals surface area contributed by atoms with Crippen molar-refractivity contribution in [3.05, 3.63) is 64.8 Å². The lowest BCUT2D eigenvalue weighted by Crippen LogP contribution is -2.31. The minimum atomic E-state index is -4.44. The number of aromatic nitrogens is 2. The van der Waals surface area contributed by atoms with Gasteiger partial charge in [-0.3, -0.25) is 4.79 Å². The second kappa shape index (κ2) is 6.91. The van der Waals surface area contributed by atoms with Gasteiger partial charge in [0.2, 0.25) is 0 Å². The van der Waals surface area contributed by atoms with E-state index in [4.69, 9.17) is 11.6 Å². The summed E-state index contributed by atoms with van der Waals surface area (Å²) in [5.41, 5.74) is 1.66. The average molecular weight is 420 g/mol. The summed E-state index contributed by atoms with van der Waals surface area (Å²) >= 11 is 6.35. The van der Waals surface area contributed by atoms with Crippen LogP contribution in [0.15, 0.2) is 48.5 Å². The lowest BCUT2D eigenvalue weighted by atomic mass is 9.97. The molecule has 29 heavy (non-hydrogen) atoms. The zero-order valence-electron chi connectivity index (χ0n) is 15.7. The molecule has 150 valence electrons. The van der Waals surface area contributed by atoms with E-state index in [1.54, 1.807) is 33.8 Å². The summed E-state index contributed by atoms with van der Waals surface area (Å²) in [6.45, 7) is 4.08. The molecule has 0 spiro atoms. The summed E-state index contributed by atoms with van der Waals surface area (Å²) in [6, 6.07) is 11.8. The second-order valence-electron chi connectivity index (χ2n) is 7.14. The third-order valence-electron chi connectivity index (χ3n) is 4.96. The molecule has 4 nitrogen and oxygen atoms in total. The fourth-order valence-electron chi connectivity index (χ4n) is 3.47. The summed E-state index contributed by atoms with van der Waals surface area (Å²) in [7, 11) is 0. The van der Waals surface area contributed by atoms with Gasteiger partial charge in [0.25, 0.3) is 5.91 Å². The number of rotatable bonds is 3. The molecule has 0 bridgehead atoms. The van der Waals surface area contributed by atoms with Gasteiger partial charge in [0, 0.05) is 17.2 Å². The Labute approximate surface area is 170 Å². The van der Waals surface area contributed by atoms with E-state index in [0.29, 0.717) is 33.1 Å². The molecule has 1 amide bonds. The number of benzene rings is 2. The molecule has 2 heterocycles. The Morgan fingerprint density at radius 3 is 2.31 bits per heavy atom. The maximum Gasteiger partial charge on any atom is 0.416 e. The Bertz CT molecular complexity index is 1090. The van der Waals surface area contributed by atoms with E-state index in [2.05, 4.69) is 5.10 Å². The van der Waals surface area contributed by atoms with Crippen LogP contribution in [0.4, 0.5) is 13.2 Å². The van der Waals surface area contributed by atoms with Crippen molar-refractivity contribution < 1.29 is 18.0 Å². The second-order valence-corrected chi connectivity index (χ2v) is 7.54. The van der Waals surface area contributed by atoms with Crippen molar-refractivity contribution in [3.63, 3.8) is 0 Å². The van der Waals surface area contributed by atoms with E-state index < -0.39 is 11.7 Å². The van der Waals surface area contributed by atoms with E-state index in [0.717, 1.165) is 12.1 Å². The van der Waals surface area contributed by atoms with Gasteiger partial charge in [-0.05, 0) is 37.6 Å². The van der Waals surface area contributed by atoms with Gasteiger partial charge < -0.3 is 4.90 Å². The minimum Gasteiger partial charge on any atom is -0.315 e. The van der Waals surface area contributed by atoms with Crippen LogP contribution in [-0.2, 0) is 12.8 Å². The first kappa shape index (κ1) is 19.5. The standard InChI is InChI=1S/C21H17ClF3N3O/c1-12(2)27-11-28-19(20(27)29)17(13-7-9-14(10-8-13)21(23,24)25)18(26-28)15-5-3-4-6-16(15)22/h3-10,12H,11H2,1-2H3. The average Bonchev–Trinajstić information content (AvgIpc) is 3.18. The maximum atomic E-state index is 13.0. The van der Waals surface area contributed by atoms with Crippen LogP contribution >= 0.6 is 11.6 Å². The van der Waals surface area contributed by atoms with Crippen molar-refractivity contribution in [2.75, 3.05) is 0 Å². The molecule has 0 atom stereocenters. The van der Waals surface area contributed by atoms with Gasteiger partial charge in [0.05, 0.1) is 10.6 Å². The molecular weight excluding hydrogens is 403 g/mol. The lowest BCUT2D eigenvalue weighted by Gasteiger charge is -2.20. The van der Waals surface area contributed by atoms with E-state index in [1.165, 1.54) is 12.1 Å². The van der Waals surface area contributed by atoms with Crippen molar-refractivity contribution in [1.82, 2.24) is 14.7 Å². The Kier molecular flexibility index (Phi) is 4.65. The number of carbonyl (C=O) groups is 1. The Balaban J connectivity index is 1.92. The molecule has 8 heteroatoms. The van der Waals surface area contributed by atoms with Crippen LogP contribution in [0.2, 0.25) is 5.02 Å². The van der Waals surface area contributed by atoms with E-state index >= 15 is 0 Å². The zero-order chi connectivity index (χ0) is 20.9. The SMILES string of the molecule is CC(C)N1Cn2nc(-c3ccccc3Cl)c(-c3ccc(C(F)(F)F)cc3)c2C1=O. The topological polar surface area (TPSA) is 38.1 Å². The molecule has 3 aromatic rings. The minimum absolute atomic E-state index is 0.0339. The van der Waals surface area contributed by atoms with Crippen molar-refractivity contribution >= 4 is 17.5 Å². The highest BCUT2D eigenvalue weighted by atomic mass is 35.5. The van der Waals surface area contributed by atoms with Gasteiger partial charge in [-0.1, -0.05) is 41.9 Å². The molecule has 1 aliphatic heterocycles. The molecule has 0 unspecified atom stereocenters. The lowest BCUT2D eigenvalue weighted by molar-refractivity contribution is -0.137. The van der Waals surface area contributed by atoms with Gasteiger partial charge in [-0.15, -0.1) is 0 Å². The van der Waals surface area contributed by atoms with E-state index in [9.17, 15) is 18.0 Å². The molecule has 1 aliphatic rings. The number of alkyl halides is 3. The van der Waals surface area contributed by atoms with Crippen molar-refractivity contribution in [2.45, 2.75) is 32.7 Å². The number of nitrogens with zero attached hydrogens (tertiary/aromatic N) is 3. The van der Waals surface area contributed by atoms with Crippen LogP contribution in [0.3, 0.4) is 0 Å². The van der Waals surface area contributed by atoms with Crippen LogP contribution < -0.4 is 0 Å². The number of carbonyl (C=O) groups excluding carboxylic acids is 1. The molecule has 4 rings (SSSR count). The zero-order valence-corrected chi connectivity index (χ0v) is 16.4. The van der Waals surface area contributed by atoms with Gasteiger partial charge in [-0.2, -0.15) is 18.3 Å². The molecule has 1 aromatic heterocycles. The molecule has 0 radical (unpaired) electrons. The highest BCUT2D eigenvalue weighted by molar-refractivity contribution is 6.33. The molecule has 0 aliphatic carbocycles. The van der Waals surface area contributed by atoms with Crippen LogP contribution in [0.1, 0.15) is 29.9 Å². The van der Waals surface area contributed by atoms with E-state index in [-0.39, 0.29) is 18.6 Å². The van der Waals surface area contributed by atoms with E-state index in [1.807, 2.05) is 13.8 Å². The summed E-state index contributed by atoms with van der Waals surface area (Å²) < 4.78 is 40.5. The van der Waals surface area contributed by atoms with Crippen molar-refractivity contribution in [2.24, 2.45) is 0 Å². The van der Waals surface area contributed by atoms with Crippen LogP contribution in [0, 0.1) is 0 Å². The first-order valence-electron chi connectivity index (χ1n) is 9.02. The summed E-state index contributed by atoms with van der Waals surface area (Å²) in [4.78, 5) is 14.7. The fraction of sp³-hybridized carbons (Fsp3) is 0.238. The normalized spacial score (nSPS) is 14.0. The molecule has 0 N–H and O–H groups in total. The van der Waals surface area contributed by atoms with Gasteiger partial charge in [-0.25, -0.2) is 4.68 Å². The number of hydrogen-bond donors (Lipinski definition) is 0. The number of fused-ring (bicyclic) bond motifs is 1. The molecule has 0 saturated heterocycles.